The van der Waals surface area contributed by atoms with Crippen molar-refractivity contribution in [3.8, 4) is 34.4 Å². The van der Waals surface area contributed by atoms with Crippen LogP contribution in [-0.4, -0.2) is 42.6 Å². The number of ether oxygens (including phenoxy) is 4. The van der Waals surface area contributed by atoms with E-state index in [9.17, 15) is 0 Å². The molecule has 0 bridgehead atoms. The fourth-order valence-electron chi connectivity index (χ4n) is 5.05. The van der Waals surface area contributed by atoms with Gasteiger partial charge in [0.25, 0.3) is 0 Å². The van der Waals surface area contributed by atoms with Crippen molar-refractivity contribution in [1.29, 1.82) is 0 Å². The predicted octanol–water partition coefficient (Wildman–Crippen LogP) is 8.52. The van der Waals surface area contributed by atoms with Crippen LogP contribution in [0.1, 0.15) is 49.7 Å². The molecule has 4 atom stereocenters. The topological polar surface area (TPSA) is 36.9 Å². The van der Waals surface area contributed by atoms with Crippen molar-refractivity contribution in [2.45, 2.75) is 103 Å². The van der Waals surface area contributed by atoms with Crippen LogP contribution in [0.4, 0.5) is 0 Å². The van der Waals surface area contributed by atoms with E-state index in [-0.39, 0.29) is 0 Å². The zero-order valence-corrected chi connectivity index (χ0v) is 29.2. The second-order valence-electron chi connectivity index (χ2n) is 13.5. The molecule has 0 spiro atoms. The highest BCUT2D eigenvalue weighted by Gasteiger charge is 2.28. The van der Waals surface area contributed by atoms with Gasteiger partial charge in [-0.2, -0.15) is 0 Å². The average Bonchev–Trinajstić information content (AvgIpc) is 3.62. The van der Waals surface area contributed by atoms with Crippen molar-refractivity contribution in [2.24, 2.45) is 11.8 Å². The molecule has 0 aromatic heterocycles. The largest absolute Gasteiger partial charge is 0.497 e. The molecular formula is C36H52O4Si2. The summed E-state index contributed by atoms with van der Waals surface area (Å²) in [5, 5.41) is 0. The molecule has 2 aromatic carbocycles. The lowest BCUT2D eigenvalue weighted by Gasteiger charge is -2.17. The molecule has 4 rings (SSSR count). The summed E-state index contributed by atoms with van der Waals surface area (Å²) in [6.07, 6.45) is 7.72. The fraction of sp³-hybridized carbons (Fsp3) is 0.556. The molecule has 2 fully saturated rings. The first kappa shape index (κ1) is 34.0. The van der Waals surface area contributed by atoms with Gasteiger partial charge in [-0.15, -0.1) is 22.9 Å². The summed E-state index contributed by atoms with van der Waals surface area (Å²) in [5.74, 6) is 9.61. The first-order valence-corrected chi connectivity index (χ1v) is 22.5. The lowest BCUT2D eigenvalue weighted by Crippen LogP contribution is -2.20. The molecule has 0 saturated heterocycles. The number of rotatable bonds is 8. The molecule has 6 heteroatoms. The Labute approximate surface area is 257 Å². The second-order valence-corrected chi connectivity index (χ2v) is 23.0. The van der Waals surface area contributed by atoms with Gasteiger partial charge >= 0.3 is 0 Å². The van der Waals surface area contributed by atoms with Gasteiger partial charge in [0.2, 0.25) is 0 Å². The van der Waals surface area contributed by atoms with Crippen molar-refractivity contribution in [1.82, 2.24) is 0 Å². The summed E-state index contributed by atoms with van der Waals surface area (Å²) in [5.41, 5.74) is 9.39. The predicted molar refractivity (Wildman–Crippen MR) is 180 cm³/mol. The van der Waals surface area contributed by atoms with E-state index in [4.69, 9.17) is 18.9 Å². The zero-order valence-electron chi connectivity index (χ0n) is 27.2. The lowest BCUT2D eigenvalue weighted by molar-refractivity contribution is 0.0294. The quantitative estimate of drug-likeness (QED) is 0.224. The Kier molecular flexibility index (Phi) is 13.3. The number of methoxy groups -OCH3 is 2. The van der Waals surface area contributed by atoms with Gasteiger partial charge in [-0.25, -0.2) is 0 Å². The summed E-state index contributed by atoms with van der Waals surface area (Å²) in [6.45, 7) is 15.1. The van der Waals surface area contributed by atoms with Crippen LogP contribution in [0.3, 0.4) is 0 Å². The maximum Gasteiger partial charge on any atom is 0.129 e. The lowest BCUT2D eigenvalue weighted by atomic mass is 10.1. The highest BCUT2D eigenvalue weighted by Crippen LogP contribution is 2.30. The molecule has 0 N–H and O–H groups in total. The Morgan fingerprint density at radius 1 is 0.571 bits per heavy atom. The third-order valence-corrected chi connectivity index (χ3v) is 9.21. The van der Waals surface area contributed by atoms with Gasteiger partial charge in [-0.1, -0.05) is 63.5 Å². The zero-order chi connectivity index (χ0) is 30.6. The SMILES string of the molecule is COc1ccc(CO[C@@H]2CCCC2C#C[Si](C)(C)C)cc1.COc1ccc(CO[C@@H]2CCCC2C#C[Si](C)(C)C)cc1. The monoisotopic (exact) mass is 604 g/mol. The molecule has 2 saturated carbocycles. The van der Waals surface area contributed by atoms with E-state index in [1.807, 2.05) is 24.3 Å². The molecule has 4 nitrogen and oxygen atoms in total. The van der Waals surface area contributed by atoms with Crippen LogP contribution in [0.15, 0.2) is 48.5 Å². The maximum absolute atomic E-state index is 6.11. The van der Waals surface area contributed by atoms with Crippen LogP contribution in [0, 0.1) is 34.8 Å². The molecule has 228 valence electrons. The molecule has 0 aliphatic heterocycles. The van der Waals surface area contributed by atoms with Gasteiger partial charge in [0, 0.05) is 11.8 Å². The Morgan fingerprint density at radius 3 is 1.24 bits per heavy atom. The normalized spacial score (nSPS) is 21.7. The smallest absolute Gasteiger partial charge is 0.129 e. The molecule has 2 aliphatic rings. The number of hydrogen-bond donors (Lipinski definition) is 0. The maximum atomic E-state index is 6.11. The Balaban J connectivity index is 0.000000230. The van der Waals surface area contributed by atoms with Crippen LogP contribution >= 0.6 is 0 Å². The van der Waals surface area contributed by atoms with E-state index in [1.165, 1.54) is 36.8 Å². The minimum Gasteiger partial charge on any atom is -0.497 e. The standard InChI is InChI=1S/2C18H26O2Si/c2*1-19-17-10-8-15(9-11-17)14-20-18-7-5-6-16(18)12-13-21(2,3)4/h2*8-11,16,18H,5-7,14H2,1-4H3/t2*16?,18-/m11/s1. The Morgan fingerprint density at radius 2 is 0.929 bits per heavy atom. The van der Waals surface area contributed by atoms with E-state index in [1.54, 1.807) is 14.2 Å². The van der Waals surface area contributed by atoms with Gasteiger partial charge in [0.05, 0.1) is 39.6 Å². The van der Waals surface area contributed by atoms with Crippen LogP contribution in [0.25, 0.3) is 0 Å². The molecule has 0 amide bonds. The first-order chi connectivity index (χ1) is 20.0. The molecule has 2 aliphatic carbocycles. The van der Waals surface area contributed by atoms with E-state index in [0.717, 1.165) is 24.3 Å². The van der Waals surface area contributed by atoms with E-state index in [2.05, 4.69) is 86.5 Å². The molecular weight excluding hydrogens is 553 g/mol. The van der Waals surface area contributed by atoms with Crippen LogP contribution < -0.4 is 9.47 Å². The van der Waals surface area contributed by atoms with Crippen LogP contribution in [0.2, 0.25) is 39.3 Å². The average molecular weight is 605 g/mol. The van der Waals surface area contributed by atoms with Gasteiger partial charge in [0.1, 0.15) is 27.6 Å². The summed E-state index contributed by atoms with van der Waals surface area (Å²) in [4.78, 5) is 0. The molecule has 0 radical (unpaired) electrons. The van der Waals surface area contributed by atoms with Crippen molar-refractivity contribution < 1.29 is 18.9 Å². The van der Waals surface area contributed by atoms with Gasteiger partial charge in [0.15, 0.2) is 0 Å². The van der Waals surface area contributed by atoms with Crippen LogP contribution in [0.5, 0.6) is 11.5 Å². The first-order valence-electron chi connectivity index (χ1n) is 15.5. The summed E-state index contributed by atoms with van der Waals surface area (Å²) >= 11 is 0. The Bertz CT molecular complexity index is 1110. The van der Waals surface area contributed by atoms with Crippen molar-refractivity contribution in [2.75, 3.05) is 14.2 Å². The third kappa shape index (κ3) is 12.4. The second kappa shape index (κ2) is 16.4. The van der Waals surface area contributed by atoms with E-state index >= 15 is 0 Å². The third-order valence-electron chi connectivity index (χ3n) is 7.42. The summed E-state index contributed by atoms with van der Waals surface area (Å²) < 4.78 is 22.6. The highest BCUT2D eigenvalue weighted by atomic mass is 28.3. The van der Waals surface area contributed by atoms with Crippen molar-refractivity contribution in [3.63, 3.8) is 0 Å². The highest BCUT2D eigenvalue weighted by molar-refractivity contribution is 6.84. The fourth-order valence-corrected chi connectivity index (χ4v) is 6.29. The molecule has 2 aromatic rings. The van der Waals surface area contributed by atoms with Crippen molar-refractivity contribution in [3.05, 3.63) is 59.7 Å². The van der Waals surface area contributed by atoms with E-state index < -0.39 is 16.1 Å². The minimum atomic E-state index is -1.28. The molecule has 2 unspecified atom stereocenters. The minimum absolute atomic E-state index is 0.302. The van der Waals surface area contributed by atoms with Gasteiger partial charge < -0.3 is 18.9 Å². The molecule has 42 heavy (non-hydrogen) atoms. The van der Waals surface area contributed by atoms with Gasteiger partial charge in [-0.05, 0) is 73.9 Å². The van der Waals surface area contributed by atoms with Crippen molar-refractivity contribution >= 4 is 16.1 Å². The summed E-state index contributed by atoms with van der Waals surface area (Å²) in [6, 6.07) is 16.2. The van der Waals surface area contributed by atoms with Crippen LogP contribution in [-0.2, 0) is 22.7 Å². The van der Waals surface area contributed by atoms with Gasteiger partial charge in [-0.3, -0.25) is 0 Å². The Hall–Kier alpha value is -2.49. The number of hydrogen-bond acceptors (Lipinski definition) is 4. The molecule has 0 heterocycles. The number of benzene rings is 2. The summed E-state index contributed by atoms with van der Waals surface area (Å²) in [7, 11) is 0.808. The van der Waals surface area contributed by atoms with E-state index in [0.29, 0.717) is 37.3 Å².